The molecule has 0 unspecified atom stereocenters. The summed E-state index contributed by atoms with van der Waals surface area (Å²) in [7, 11) is 0. The maximum Gasteiger partial charge on any atom is 0.251 e. The van der Waals surface area contributed by atoms with E-state index in [1.165, 1.54) is 0 Å². The van der Waals surface area contributed by atoms with E-state index in [0.29, 0.717) is 6.54 Å². The molecule has 0 aliphatic rings. The van der Waals surface area contributed by atoms with Crippen molar-refractivity contribution >= 4 is 5.91 Å². The first-order chi connectivity index (χ1) is 9.15. The number of carbonyl (C=O) groups is 1. The van der Waals surface area contributed by atoms with E-state index in [4.69, 9.17) is 0 Å². The Kier molecular flexibility index (Phi) is 4.07. The van der Waals surface area contributed by atoms with Crippen LogP contribution in [-0.2, 0) is 17.9 Å². The Balaban J connectivity index is 1.95. The van der Waals surface area contributed by atoms with Gasteiger partial charge in [0.15, 0.2) is 0 Å². The molecule has 1 aromatic heterocycles. The highest BCUT2D eigenvalue weighted by Crippen LogP contribution is 1.97. The molecular formula is C14H13FN2O2. The highest BCUT2D eigenvalue weighted by Gasteiger charge is 2.05. The zero-order chi connectivity index (χ0) is 13.7. The standard InChI is InChI=1S/C14H13FN2O2/c15-12-6-7-14(19)17(9-12)10-13(18)16-8-11-4-2-1-3-5-11/h1-7,9H,8,10H2,(H,16,18). The van der Waals surface area contributed by atoms with Gasteiger partial charge >= 0.3 is 0 Å². The Morgan fingerprint density at radius 1 is 1.16 bits per heavy atom. The largest absolute Gasteiger partial charge is 0.350 e. The van der Waals surface area contributed by atoms with E-state index in [1.807, 2.05) is 30.3 Å². The van der Waals surface area contributed by atoms with Gasteiger partial charge in [-0.3, -0.25) is 9.59 Å². The number of hydrogen-bond acceptors (Lipinski definition) is 2. The molecule has 0 spiro atoms. The molecule has 0 saturated carbocycles. The van der Waals surface area contributed by atoms with Gasteiger partial charge in [0.2, 0.25) is 5.91 Å². The summed E-state index contributed by atoms with van der Waals surface area (Å²) in [5.74, 6) is -0.882. The van der Waals surface area contributed by atoms with E-state index in [2.05, 4.69) is 5.32 Å². The van der Waals surface area contributed by atoms with Crippen molar-refractivity contribution in [3.63, 3.8) is 0 Å². The average molecular weight is 260 g/mol. The monoisotopic (exact) mass is 260 g/mol. The molecule has 0 atom stereocenters. The summed E-state index contributed by atoms with van der Waals surface area (Å²) in [4.78, 5) is 23.1. The molecule has 2 aromatic rings. The van der Waals surface area contributed by atoms with E-state index in [-0.39, 0.29) is 12.5 Å². The lowest BCUT2D eigenvalue weighted by Crippen LogP contribution is -2.31. The Morgan fingerprint density at radius 2 is 1.89 bits per heavy atom. The third kappa shape index (κ3) is 3.77. The maximum absolute atomic E-state index is 13.0. The average Bonchev–Trinajstić information content (AvgIpc) is 2.42. The second-order valence-electron chi connectivity index (χ2n) is 4.08. The second kappa shape index (κ2) is 5.95. The lowest BCUT2D eigenvalue weighted by Gasteiger charge is -2.07. The summed E-state index contributed by atoms with van der Waals surface area (Å²) in [6, 6.07) is 11.6. The minimum absolute atomic E-state index is 0.191. The van der Waals surface area contributed by atoms with Crippen LogP contribution < -0.4 is 10.9 Å². The topological polar surface area (TPSA) is 51.1 Å². The van der Waals surface area contributed by atoms with Gasteiger partial charge < -0.3 is 9.88 Å². The Bertz CT molecular complexity index is 623. The number of hydrogen-bond donors (Lipinski definition) is 1. The molecule has 0 aliphatic heterocycles. The van der Waals surface area contributed by atoms with Crippen LogP contribution in [0.3, 0.4) is 0 Å². The molecular weight excluding hydrogens is 247 g/mol. The molecule has 0 aliphatic carbocycles. The van der Waals surface area contributed by atoms with Gasteiger partial charge in [0.1, 0.15) is 12.4 Å². The van der Waals surface area contributed by atoms with Gasteiger partial charge in [0, 0.05) is 18.8 Å². The van der Waals surface area contributed by atoms with Gasteiger partial charge in [0.25, 0.3) is 5.56 Å². The van der Waals surface area contributed by atoms with Crippen LogP contribution in [0.5, 0.6) is 0 Å². The van der Waals surface area contributed by atoms with Crippen LogP contribution >= 0.6 is 0 Å². The molecule has 1 heterocycles. The first-order valence-corrected chi connectivity index (χ1v) is 5.82. The Labute approximate surface area is 109 Å². The minimum Gasteiger partial charge on any atom is -0.350 e. The number of benzene rings is 1. The molecule has 5 heteroatoms. The lowest BCUT2D eigenvalue weighted by molar-refractivity contribution is -0.121. The maximum atomic E-state index is 13.0. The van der Waals surface area contributed by atoms with E-state index in [9.17, 15) is 14.0 Å². The number of nitrogens with one attached hydrogen (secondary N) is 1. The van der Waals surface area contributed by atoms with Gasteiger partial charge in [-0.1, -0.05) is 30.3 Å². The quantitative estimate of drug-likeness (QED) is 0.901. The first kappa shape index (κ1) is 13.0. The fourth-order valence-corrected chi connectivity index (χ4v) is 1.63. The molecule has 4 nitrogen and oxygen atoms in total. The number of amides is 1. The van der Waals surface area contributed by atoms with Gasteiger partial charge in [-0.05, 0) is 11.6 Å². The van der Waals surface area contributed by atoms with Gasteiger partial charge in [-0.15, -0.1) is 0 Å². The number of halogens is 1. The zero-order valence-corrected chi connectivity index (χ0v) is 10.2. The van der Waals surface area contributed by atoms with Crippen molar-refractivity contribution in [3.05, 3.63) is 70.4 Å². The summed E-state index contributed by atoms with van der Waals surface area (Å²) in [5.41, 5.74) is 0.554. The SMILES string of the molecule is O=C(Cn1cc(F)ccc1=O)NCc1ccccc1. The van der Waals surface area contributed by atoms with Crippen molar-refractivity contribution in [3.8, 4) is 0 Å². The zero-order valence-electron chi connectivity index (χ0n) is 10.2. The normalized spacial score (nSPS) is 10.2. The Morgan fingerprint density at radius 3 is 2.63 bits per heavy atom. The van der Waals surface area contributed by atoms with E-state index >= 15 is 0 Å². The van der Waals surface area contributed by atoms with Crippen molar-refractivity contribution in [1.29, 1.82) is 0 Å². The van der Waals surface area contributed by atoms with E-state index in [1.54, 1.807) is 0 Å². The van der Waals surface area contributed by atoms with Crippen LogP contribution in [0.1, 0.15) is 5.56 Å². The van der Waals surface area contributed by atoms with Crippen LogP contribution in [-0.4, -0.2) is 10.5 Å². The summed E-state index contributed by atoms with van der Waals surface area (Å²) < 4.78 is 14.0. The van der Waals surface area contributed by atoms with Crippen molar-refractivity contribution < 1.29 is 9.18 Å². The number of nitrogens with zero attached hydrogens (tertiary/aromatic N) is 1. The third-order valence-corrected chi connectivity index (χ3v) is 2.59. The van der Waals surface area contributed by atoms with Crippen molar-refractivity contribution in [1.82, 2.24) is 9.88 Å². The highest BCUT2D eigenvalue weighted by molar-refractivity contribution is 5.75. The summed E-state index contributed by atoms with van der Waals surface area (Å²) in [5, 5.41) is 2.67. The molecule has 19 heavy (non-hydrogen) atoms. The van der Waals surface area contributed by atoms with Crippen LogP contribution in [0.25, 0.3) is 0 Å². The molecule has 1 N–H and O–H groups in total. The predicted molar refractivity (Wildman–Crippen MR) is 68.9 cm³/mol. The van der Waals surface area contributed by atoms with Crippen LogP contribution in [0.15, 0.2) is 53.5 Å². The lowest BCUT2D eigenvalue weighted by atomic mass is 10.2. The van der Waals surface area contributed by atoms with Crippen LogP contribution in [0, 0.1) is 5.82 Å². The highest BCUT2D eigenvalue weighted by atomic mass is 19.1. The number of rotatable bonds is 4. The Hall–Kier alpha value is -2.43. The molecule has 1 aromatic carbocycles. The fourth-order valence-electron chi connectivity index (χ4n) is 1.63. The summed E-state index contributed by atoms with van der Waals surface area (Å²) in [6.45, 7) is 0.188. The second-order valence-corrected chi connectivity index (χ2v) is 4.08. The first-order valence-electron chi connectivity index (χ1n) is 5.82. The van der Waals surface area contributed by atoms with Crippen molar-refractivity contribution in [2.75, 3.05) is 0 Å². The fraction of sp³-hybridized carbons (Fsp3) is 0.143. The van der Waals surface area contributed by atoms with Crippen molar-refractivity contribution in [2.45, 2.75) is 13.1 Å². The third-order valence-electron chi connectivity index (χ3n) is 2.59. The number of carbonyl (C=O) groups excluding carboxylic acids is 1. The van der Waals surface area contributed by atoms with Crippen LogP contribution in [0.2, 0.25) is 0 Å². The molecule has 2 rings (SSSR count). The van der Waals surface area contributed by atoms with Gasteiger partial charge in [-0.2, -0.15) is 0 Å². The molecule has 98 valence electrons. The molecule has 0 saturated heterocycles. The smallest absolute Gasteiger partial charge is 0.251 e. The van der Waals surface area contributed by atoms with Crippen molar-refractivity contribution in [2.24, 2.45) is 0 Å². The van der Waals surface area contributed by atoms with E-state index < -0.39 is 11.4 Å². The molecule has 0 fully saturated rings. The van der Waals surface area contributed by atoms with Crippen LogP contribution in [0.4, 0.5) is 4.39 Å². The molecule has 0 bridgehead atoms. The van der Waals surface area contributed by atoms with Gasteiger partial charge in [-0.25, -0.2) is 4.39 Å². The minimum atomic E-state index is -0.546. The van der Waals surface area contributed by atoms with E-state index in [0.717, 1.165) is 28.5 Å². The summed E-state index contributed by atoms with van der Waals surface area (Å²) >= 11 is 0. The molecule has 0 radical (unpaired) electrons. The summed E-state index contributed by atoms with van der Waals surface area (Å²) in [6.07, 6.45) is 1.02. The molecule has 1 amide bonds. The number of pyridine rings is 1. The number of aromatic nitrogens is 1. The predicted octanol–water partition coefficient (Wildman–Crippen LogP) is 1.30. The van der Waals surface area contributed by atoms with Gasteiger partial charge in [0.05, 0.1) is 0 Å².